The number of amides is 3. The van der Waals surface area contributed by atoms with E-state index < -0.39 is 5.54 Å². The summed E-state index contributed by atoms with van der Waals surface area (Å²) in [5.74, 6) is -0.792. The second-order valence-electron chi connectivity index (χ2n) is 9.23. The van der Waals surface area contributed by atoms with Gasteiger partial charge in [0.05, 0.1) is 19.8 Å². The van der Waals surface area contributed by atoms with E-state index in [1.807, 2.05) is 0 Å². The molecule has 10 heteroatoms. The van der Waals surface area contributed by atoms with Crippen molar-refractivity contribution in [2.24, 2.45) is 0 Å². The third kappa shape index (κ3) is 4.66. The molecule has 1 aromatic rings. The van der Waals surface area contributed by atoms with Crippen LogP contribution in [0.15, 0.2) is 6.07 Å². The molecule has 2 aliphatic heterocycles. The number of aromatic nitrogens is 2. The molecule has 3 heterocycles. The number of nitrogens with zero attached hydrogens (tertiary/aromatic N) is 4. The normalized spacial score (nSPS) is 24.8. The first-order valence-corrected chi connectivity index (χ1v) is 11.6. The standard InChI is InChI=1S/C22H34N6O4/c1-22(21(31)24-16-6-4-3-5-7-16)15-28-18(20(30)26(22)2)14-17(25-28)19(29)23-8-9-27-10-12-32-13-11-27/h14,16H,3-13,15H2,1-2H3,(H,23,29)(H,24,31)/t22-/m1/s1. The van der Waals surface area contributed by atoms with Gasteiger partial charge in [-0.25, -0.2) is 0 Å². The molecule has 10 nitrogen and oxygen atoms in total. The molecule has 1 saturated carbocycles. The molecule has 2 N–H and O–H groups in total. The summed E-state index contributed by atoms with van der Waals surface area (Å²) in [7, 11) is 1.64. The summed E-state index contributed by atoms with van der Waals surface area (Å²) in [4.78, 5) is 42.5. The van der Waals surface area contributed by atoms with E-state index in [0.29, 0.717) is 25.5 Å². The van der Waals surface area contributed by atoms with Gasteiger partial charge in [-0.3, -0.25) is 24.0 Å². The van der Waals surface area contributed by atoms with E-state index in [4.69, 9.17) is 4.74 Å². The second kappa shape index (κ2) is 9.58. The number of rotatable bonds is 6. The molecular weight excluding hydrogens is 412 g/mol. The molecule has 0 unspecified atom stereocenters. The van der Waals surface area contributed by atoms with Crippen molar-refractivity contribution < 1.29 is 19.1 Å². The third-order valence-electron chi connectivity index (χ3n) is 6.98. The topological polar surface area (TPSA) is 109 Å². The van der Waals surface area contributed by atoms with Crippen LogP contribution in [0.2, 0.25) is 0 Å². The quantitative estimate of drug-likeness (QED) is 0.648. The Labute approximate surface area is 188 Å². The first kappa shape index (κ1) is 22.7. The minimum atomic E-state index is -1.06. The molecule has 1 aliphatic carbocycles. The molecule has 4 rings (SSSR count). The smallest absolute Gasteiger partial charge is 0.272 e. The molecule has 2 fully saturated rings. The molecule has 0 spiro atoms. The molecule has 1 saturated heterocycles. The number of carbonyl (C=O) groups excluding carboxylic acids is 3. The highest BCUT2D eigenvalue weighted by atomic mass is 16.5. The van der Waals surface area contributed by atoms with Crippen LogP contribution < -0.4 is 10.6 Å². The SMILES string of the molecule is CN1C(=O)c2cc(C(=O)NCCN3CCOCC3)nn2C[C@]1(C)C(=O)NC1CCCCC1. The Kier molecular flexibility index (Phi) is 6.80. The summed E-state index contributed by atoms with van der Waals surface area (Å²) in [6.07, 6.45) is 5.38. The largest absolute Gasteiger partial charge is 0.379 e. The fourth-order valence-corrected chi connectivity index (χ4v) is 4.67. The van der Waals surface area contributed by atoms with Gasteiger partial charge < -0.3 is 20.3 Å². The van der Waals surface area contributed by atoms with Crippen molar-refractivity contribution in [3.05, 3.63) is 17.5 Å². The Balaban J connectivity index is 1.40. The van der Waals surface area contributed by atoms with Crippen LogP contribution in [-0.4, -0.2) is 95.3 Å². The predicted octanol–water partition coefficient (Wildman–Crippen LogP) is 0.238. The van der Waals surface area contributed by atoms with Crippen LogP contribution in [-0.2, 0) is 16.1 Å². The molecule has 0 aromatic carbocycles. The number of likely N-dealkylation sites (N-methyl/N-ethyl adjacent to an activating group) is 1. The van der Waals surface area contributed by atoms with Crippen LogP contribution in [0.25, 0.3) is 0 Å². The van der Waals surface area contributed by atoms with Crippen molar-refractivity contribution >= 4 is 17.7 Å². The monoisotopic (exact) mass is 446 g/mol. The van der Waals surface area contributed by atoms with Crippen LogP contribution >= 0.6 is 0 Å². The molecule has 3 aliphatic rings. The molecule has 1 aromatic heterocycles. The zero-order valence-electron chi connectivity index (χ0n) is 19.1. The van der Waals surface area contributed by atoms with Gasteiger partial charge in [-0.2, -0.15) is 5.10 Å². The van der Waals surface area contributed by atoms with Crippen molar-refractivity contribution in [3.63, 3.8) is 0 Å². The number of ether oxygens (including phenoxy) is 1. The van der Waals surface area contributed by atoms with Gasteiger partial charge in [0.1, 0.15) is 11.2 Å². The van der Waals surface area contributed by atoms with Gasteiger partial charge in [0.2, 0.25) is 5.91 Å². The summed E-state index contributed by atoms with van der Waals surface area (Å²) in [6.45, 7) is 6.35. The molecule has 0 radical (unpaired) electrons. The van der Waals surface area contributed by atoms with E-state index in [-0.39, 0.29) is 36.0 Å². The van der Waals surface area contributed by atoms with Crippen molar-refractivity contribution in [2.75, 3.05) is 46.4 Å². The Morgan fingerprint density at radius 1 is 1.22 bits per heavy atom. The van der Waals surface area contributed by atoms with Crippen LogP contribution in [0, 0.1) is 0 Å². The average molecular weight is 447 g/mol. The Bertz CT molecular complexity index is 859. The van der Waals surface area contributed by atoms with Crippen LogP contribution in [0.5, 0.6) is 0 Å². The lowest BCUT2D eigenvalue weighted by Gasteiger charge is -2.41. The van der Waals surface area contributed by atoms with Gasteiger partial charge >= 0.3 is 0 Å². The van der Waals surface area contributed by atoms with Crippen LogP contribution in [0.4, 0.5) is 0 Å². The maximum absolute atomic E-state index is 13.1. The molecule has 1 atom stereocenters. The van der Waals surface area contributed by atoms with E-state index in [1.54, 1.807) is 14.0 Å². The van der Waals surface area contributed by atoms with E-state index in [0.717, 1.165) is 45.3 Å². The lowest BCUT2D eigenvalue weighted by molar-refractivity contribution is -0.133. The predicted molar refractivity (Wildman–Crippen MR) is 117 cm³/mol. The highest BCUT2D eigenvalue weighted by Gasteiger charge is 2.46. The first-order chi connectivity index (χ1) is 15.4. The lowest BCUT2D eigenvalue weighted by Crippen LogP contribution is -2.63. The highest BCUT2D eigenvalue weighted by Crippen LogP contribution is 2.27. The summed E-state index contributed by atoms with van der Waals surface area (Å²) in [6, 6.07) is 1.67. The number of fused-ring (bicyclic) bond motifs is 1. The number of carbonyl (C=O) groups is 3. The molecule has 3 amide bonds. The number of hydrogen-bond donors (Lipinski definition) is 2. The number of nitrogens with one attached hydrogen (secondary N) is 2. The molecule has 176 valence electrons. The van der Waals surface area contributed by atoms with Gasteiger partial charge in [-0.05, 0) is 19.8 Å². The minimum Gasteiger partial charge on any atom is -0.379 e. The third-order valence-corrected chi connectivity index (χ3v) is 6.98. The maximum Gasteiger partial charge on any atom is 0.272 e. The lowest BCUT2D eigenvalue weighted by atomic mass is 9.92. The molecule has 32 heavy (non-hydrogen) atoms. The summed E-state index contributed by atoms with van der Waals surface area (Å²) in [5, 5.41) is 10.4. The van der Waals surface area contributed by atoms with Gasteiger partial charge in [-0.1, -0.05) is 19.3 Å². The summed E-state index contributed by atoms with van der Waals surface area (Å²) >= 11 is 0. The Morgan fingerprint density at radius 2 is 1.94 bits per heavy atom. The fraction of sp³-hybridized carbons (Fsp3) is 0.727. The van der Waals surface area contributed by atoms with Gasteiger partial charge in [-0.15, -0.1) is 0 Å². The zero-order valence-corrected chi connectivity index (χ0v) is 19.1. The molecule has 0 bridgehead atoms. The van der Waals surface area contributed by atoms with Gasteiger partial charge in [0, 0.05) is 45.3 Å². The highest BCUT2D eigenvalue weighted by molar-refractivity contribution is 6.01. The van der Waals surface area contributed by atoms with Crippen LogP contribution in [0.3, 0.4) is 0 Å². The number of hydrogen-bond acceptors (Lipinski definition) is 6. The van der Waals surface area contributed by atoms with Crippen LogP contribution in [0.1, 0.15) is 60.0 Å². The molecular formula is C22H34N6O4. The van der Waals surface area contributed by atoms with Crippen molar-refractivity contribution in [3.8, 4) is 0 Å². The first-order valence-electron chi connectivity index (χ1n) is 11.6. The zero-order chi connectivity index (χ0) is 22.7. The fourth-order valence-electron chi connectivity index (χ4n) is 4.67. The minimum absolute atomic E-state index is 0.156. The maximum atomic E-state index is 13.1. The van der Waals surface area contributed by atoms with Crippen molar-refractivity contribution in [2.45, 2.75) is 57.2 Å². The van der Waals surface area contributed by atoms with Crippen molar-refractivity contribution in [1.82, 2.24) is 30.2 Å². The van der Waals surface area contributed by atoms with Gasteiger partial charge in [0.25, 0.3) is 11.8 Å². The second-order valence-corrected chi connectivity index (χ2v) is 9.23. The summed E-state index contributed by atoms with van der Waals surface area (Å²) in [5.41, 5.74) is -0.535. The van der Waals surface area contributed by atoms with E-state index in [9.17, 15) is 14.4 Å². The number of morpholine rings is 1. The summed E-state index contributed by atoms with van der Waals surface area (Å²) < 4.78 is 6.83. The van der Waals surface area contributed by atoms with E-state index >= 15 is 0 Å². The van der Waals surface area contributed by atoms with Gasteiger partial charge in [0.15, 0.2) is 5.69 Å². The Hall–Kier alpha value is -2.46. The van der Waals surface area contributed by atoms with Crippen molar-refractivity contribution in [1.29, 1.82) is 0 Å². The van der Waals surface area contributed by atoms with E-state index in [2.05, 4.69) is 20.6 Å². The average Bonchev–Trinajstić information content (AvgIpc) is 3.23. The Morgan fingerprint density at radius 3 is 2.66 bits per heavy atom. The van der Waals surface area contributed by atoms with E-state index in [1.165, 1.54) is 22.1 Å².